The van der Waals surface area contributed by atoms with E-state index in [1.807, 2.05) is 0 Å². The average Bonchev–Trinajstić information content (AvgIpc) is 2.74. The molecule has 1 N–H and O–H groups in total. The Morgan fingerprint density at radius 3 is 2.59 bits per heavy atom. The molecule has 1 heterocycles. The van der Waals surface area contributed by atoms with E-state index >= 15 is 0 Å². The maximum Gasteiger partial charge on any atom is 0.0701 e. The van der Waals surface area contributed by atoms with Crippen LogP contribution in [0.1, 0.15) is 64.0 Å². The van der Waals surface area contributed by atoms with Crippen LogP contribution in [0.15, 0.2) is 15.2 Å². The lowest BCUT2D eigenvalue weighted by Crippen LogP contribution is -2.20. The average molecular weight is 318 g/mol. The number of rotatable bonds is 9. The van der Waals surface area contributed by atoms with Gasteiger partial charge in [-0.15, -0.1) is 11.3 Å². The van der Waals surface area contributed by atoms with E-state index in [2.05, 4.69) is 46.5 Å². The number of nitrogens with one attached hydrogen (secondary N) is 1. The SMILES string of the molecule is CCCCCCCC(NCC)c1csc(Br)c1. The Kier molecular flexibility index (Phi) is 8.15. The van der Waals surface area contributed by atoms with E-state index < -0.39 is 0 Å². The predicted molar refractivity (Wildman–Crippen MR) is 81.8 cm³/mol. The number of thiophene rings is 1. The number of hydrogen-bond acceptors (Lipinski definition) is 2. The third kappa shape index (κ3) is 6.03. The van der Waals surface area contributed by atoms with Gasteiger partial charge in [0.2, 0.25) is 0 Å². The third-order valence-electron chi connectivity index (χ3n) is 3.04. The summed E-state index contributed by atoms with van der Waals surface area (Å²) >= 11 is 5.33. The molecular formula is C14H24BrNS. The monoisotopic (exact) mass is 317 g/mol. The highest BCUT2D eigenvalue weighted by Gasteiger charge is 2.11. The first-order chi connectivity index (χ1) is 8.27. The second-order valence-corrected chi connectivity index (χ2v) is 6.79. The summed E-state index contributed by atoms with van der Waals surface area (Å²) < 4.78 is 1.24. The normalized spacial score (nSPS) is 12.9. The van der Waals surface area contributed by atoms with Crippen molar-refractivity contribution in [3.63, 3.8) is 0 Å². The van der Waals surface area contributed by atoms with Crippen molar-refractivity contribution in [2.24, 2.45) is 0 Å². The van der Waals surface area contributed by atoms with Crippen LogP contribution in [0, 0.1) is 0 Å². The van der Waals surface area contributed by atoms with E-state index in [1.54, 1.807) is 11.3 Å². The van der Waals surface area contributed by atoms with Crippen LogP contribution in [0.5, 0.6) is 0 Å². The molecule has 1 atom stereocenters. The predicted octanol–water partition coefficient (Wildman–Crippen LogP) is 5.52. The molecular weight excluding hydrogens is 294 g/mol. The van der Waals surface area contributed by atoms with Crippen molar-refractivity contribution in [3.05, 3.63) is 20.8 Å². The maximum atomic E-state index is 3.59. The fourth-order valence-corrected chi connectivity index (χ4v) is 3.32. The molecule has 0 aliphatic rings. The topological polar surface area (TPSA) is 12.0 Å². The first-order valence-electron chi connectivity index (χ1n) is 6.75. The van der Waals surface area contributed by atoms with Gasteiger partial charge in [-0.2, -0.15) is 0 Å². The second-order valence-electron chi connectivity index (χ2n) is 4.50. The van der Waals surface area contributed by atoms with Crippen LogP contribution in [0.25, 0.3) is 0 Å². The molecule has 1 nitrogen and oxygen atoms in total. The zero-order valence-electron chi connectivity index (χ0n) is 11.0. The van der Waals surface area contributed by atoms with Crippen molar-refractivity contribution < 1.29 is 0 Å². The van der Waals surface area contributed by atoms with Crippen LogP contribution >= 0.6 is 27.3 Å². The zero-order chi connectivity index (χ0) is 12.5. The molecule has 0 saturated heterocycles. The molecule has 0 spiro atoms. The van der Waals surface area contributed by atoms with Gasteiger partial charge >= 0.3 is 0 Å². The van der Waals surface area contributed by atoms with Gasteiger partial charge in [-0.25, -0.2) is 0 Å². The Morgan fingerprint density at radius 2 is 2.00 bits per heavy atom. The minimum atomic E-state index is 0.546. The molecule has 0 amide bonds. The van der Waals surface area contributed by atoms with E-state index in [4.69, 9.17) is 0 Å². The van der Waals surface area contributed by atoms with Crippen molar-refractivity contribution in [2.75, 3.05) is 6.54 Å². The fourth-order valence-electron chi connectivity index (χ4n) is 2.09. The number of halogens is 1. The summed E-state index contributed by atoms with van der Waals surface area (Å²) in [5.74, 6) is 0. The first-order valence-corrected chi connectivity index (χ1v) is 8.42. The van der Waals surface area contributed by atoms with Crippen molar-refractivity contribution in [1.29, 1.82) is 0 Å². The van der Waals surface area contributed by atoms with Crippen LogP contribution in [0.4, 0.5) is 0 Å². The van der Waals surface area contributed by atoms with E-state index in [1.165, 1.54) is 47.9 Å². The molecule has 1 aromatic rings. The molecule has 0 aliphatic carbocycles. The van der Waals surface area contributed by atoms with Gasteiger partial charge in [-0.1, -0.05) is 46.0 Å². The minimum absolute atomic E-state index is 0.546. The molecule has 3 heteroatoms. The van der Waals surface area contributed by atoms with Gasteiger partial charge in [0.05, 0.1) is 3.79 Å². The standard InChI is InChI=1S/C14H24BrNS/c1-3-5-6-7-8-9-13(16-4-2)12-10-14(15)17-11-12/h10-11,13,16H,3-9H2,1-2H3. The van der Waals surface area contributed by atoms with Crippen LogP contribution in [0.3, 0.4) is 0 Å². The first kappa shape index (κ1) is 15.2. The molecule has 1 rings (SSSR count). The molecule has 0 aromatic carbocycles. The smallest absolute Gasteiger partial charge is 0.0701 e. The molecule has 17 heavy (non-hydrogen) atoms. The van der Waals surface area contributed by atoms with Gasteiger partial charge < -0.3 is 5.32 Å². The summed E-state index contributed by atoms with van der Waals surface area (Å²) in [5, 5.41) is 5.86. The molecule has 98 valence electrons. The third-order valence-corrected chi connectivity index (χ3v) is 4.56. The van der Waals surface area contributed by atoms with Gasteiger partial charge in [0.15, 0.2) is 0 Å². The van der Waals surface area contributed by atoms with Crippen molar-refractivity contribution in [2.45, 2.75) is 58.4 Å². The lowest BCUT2D eigenvalue weighted by Gasteiger charge is -2.16. The number of hydrogen-bond donors (Lipinski definition) is 1. The van der Waals surface area contributed by atoms with E-state index in [0.717, 1.165) is 6.54 Å². The Morgan fingerprint density at radius 1 is 1.24 bits per heavy atom. The molecule has 1 aromatic heterocycles. The van der Waals surface area contributed by atoms with Crippen molar-refractivity contribution in [1.82, 2.24) is 5.32 Å². The zero-order valence-corrected chi connectivity index (χ0v) is 13.4. The molecule has 1 unspecified atom stereocenters. The lowest BCUT2D eigenvalue weighted by molar-refractivity contribution is 0.480. The minimum Gasteiger partial charge on any atom is -0.310 e. The summed E-state index contributed by atoms with van der Waals surface area (Å²) in [4.78, 5) is 0. The highest BCUT2D eigenvalue weighted by molar-refractivity contribution is 9.11. The van der Waals surface area contributed by atoms with Gasteiger partial charge in [0, 0.05) is 6.04 Å². The van der Waals surface area contributed by atoms with Crippen LogP contribution in [-0.2, 0) is 0 Å². The highest BCUT2D eigenvalue weighted by atomic mass is 79.9. The summed E-state index contributed by atoms with van der Waals surface area (Å²) in [6.45, 7) is 5.50. The maximum absolute atomic E-state index is 3.59. The Hall–Kier alpha value is 0.140. The Labute approximate surface area is 118 Å². The number of unbranched alkanes of at least 4 members (excludes halogenated alkanes) is 4. The van der Waals surface area contributed by atoms with Crippen molar-refractivity contribution >= 4 is 27.3 Å². The summed E-state index contributed by atoms with van der Waals surface area (Å²) in [6, 6.07) is 2.80. The Balaban J connectivity index is 2.33. The Bertz CT molecular complexity index is 298. The van der Waals surface area contributed by atoms with Crippen LogP contribution in [-0.4, -0.2) is 6.54 Å². The van der Waals surface area contributed by atoms with E-state index in [9.17, 15) is 0 Å². The molecule has 0 radical (unpaired) electrons. The largest absolute Gasteiger partial charge is 0.310 e. The molecule has 0 saturated carbocycles. The molecule has 0 fully saturated rings. The van der Waals surface area contributed by atoms with Crippen LogP contribution < -0.4 is 5.32 Å². The molecule has 0 aliphatic heterocycles. The molecule has 0 bridgehead atoms. The lowest BCUT2D eigenvalue weighted by atomic mass is 10.0. The van der Waals surface area contributed by atoms with Gasteiger partial charge in [-0.3, -0.25) is 0 Å². The van der Waals surface area contributed by atoms with Gasteiger partial charge in [-0.05, 0) is 45.9 Å². The van der Waals surface area contributed by atoms with E-state index in [-0.39, 0.29) is 0 Å². The summed E-state index contributed by atoms with van der Waals surface area (Å²) in [6.07, 6.45) is 8.08. The highest BCUT2D eigenvalue weighted by Crippen LogP contribution is 2.28. The summed E-state index contributed by atoms with van der Waals surface area (Å²) in [7, 11) is 0. The summed E-state index contributed by atoms with van der Waals surface area (Å²) in [5.41, 5.74) is 1.44. The van der Waals surface area contributed by atoms with Crippen LogP contribution in [0.2, 0.25) is 0 Å². The van der Waals surface area contributed by atoms with E-state index in [0.29, 0.717) is 6.04 Å². The van der Waals surface area contributed by atoms with Gasteiger partial charge in [0.25, 0.3) is 0 Å². The van der Waals surface area contributed by atoms with Gasteiger partial charge in [0.1, 0.15) is 0 Å². The quantitative estimate of drug-likeness (QED) is 0.591. The van der Waals surface area contributed by atoms with Crippen molar-refractivity contribution in [3.8, 4) is 0 Å². The second kappa shape index (κ2) is 9.12. The fraction of sp³-hybridized carbons (Fsp3) is 0.714.